The van der Waals surface area contributed by atoms with Crippen molar-refractivity contribution >= 4 is 24.4 Å². The molecule has 1 aromatic heterocycles. The van der Waals surface area contributed by atoms with E-state index >= 15 is 0 Å². The highest BCUT2D eigenvalue weighted by Crippen LogP contribution is 2.02. The van der Waals surface area contributed by atoms with Gasteiger partial charge in [0.25, 0.3) is 0 Å². The van der Waals surface area contributed by atoms with Crippen LogP contribution in [0.25, 0.3) is 0 Å². The summed E-state index contributed by atoms with van der Waals surface area (Å²) in [5, 5.41) is 15.0. The topological polar surface area (TPSA) is 99.7 Å². The van der Waals surface area contributed by atoms with Crippen LogP contribution in [0.15, 0.2) is 45.1 Å². The Kier molecular flexibility index (Phi) is 8.56. The Hall–Kier alpha value is -3.03. The van der Waals surface area contributed by atoms with Crippen LogP contribution in [0.3, 0.4) is 0 Å². The number of hydrogen-bond acceptors (Lipinski definition) is 6. The summed E-state index contributed by atoms with van der Waals surface area (Å²) in [5.41, 5.74) is 1.80. The number of aliphatic imine (C=N–C) groups is 2. The molecule has 0 aliphatic heterocycles. The first kappa shape index (κ1) is 20.0. The number of carbonyl (C=O) groups is 1. The van der Waals surface area contributed by atoms with Crippen molar-refractivity contribution in [1.29, 1.82) is 0 Å². The second kappa shape index (κ2) is 10.7. The van der Waals surface area contributed by atoms with Crippen LogP contribution in [-0.4, -0.2) is 53.1 Å². The minimum atomic E-state index is -0.655. The molecule has 8 nitrogen and oxygen atoms in total. The van der Waals surface area contributed by atoms with E-state index in [9.17, 15) is 4.79 Å². The van der Waals surface area contributed by atoms with Gasteiger partial charge in [-0.15, -0.1) is 0 Å². The Morgan fingerprint density at radius 3 is 2.84 bits per heavy atom. The summed E-state index contributed by atoms with van der Waals surface area (Å²) in [6.45, 7) is 6.10. The number of aliphatic hydroxyl groups excluding tert-OH is 1. The van der Waals surface area contributed by atoms with Crippen molar-refractivity contribution in [3.05, 3.63) is 41.4 Å². The largest absolute Gasteiger partial charge is 0.515 e. The van der Waals surface area contributed by atoms with E-state index in [-0.39, 0.29) is 12.2 Å². The SMILES string of the molecule is CCOC(=O)/C(C=NC=N/C(C)=N\N(C)Cc1cccc(C)n1)=C\O. The quantitative estimate of drug-likeness (QED) is 0.204. The number of rotatable bonds is 7. The van der Waals surface area contributed by atoms with Crippen LogP contribution in [0.2, 0.25) is 0 Å². The van der Waals surface area contributed by atoms with Crippen LogP contribution >= 0.6 is 0 Å². The summed E-state index contributed by atoms with van der Waals surface area (Å²) >= 11 is 0. The first-order chi connectivity index (χ1) is 12.0. The molecule has 0 amide bonds. The minimum absolute atomic E-state index is 0.0643. The molecule has 0 bridgehead atoms. The van der Waals surface area contributed by atoms with Crippen molar-refractivity contribution in [1.82, 2.24) is 9.99 Å². The predicted octanol–water partition coefficient (Wildman–Crippen LogP) is 2.26. The van der Waals surface area contributed by atoms with Crippen molar-refractivity contribution in [2.24, 2.45) is 15.1 Å². The summed E-state index contributed by atoms with van der Waals surface area (Å²) < 4.78 is 4.75. The molecule has 0 fully saturated rings. The molecule has 0 saturated heterocycles. The zero-order valence-electron chi connectivity index (χ0n) is 14.9. The van der Waals surface area contributed by atoms with Gasteiger partial charge in [-0.2, -0.15) is 5.10 Å². The fourth-order valence-electron chi connectivity index (χ4n) is 1.81. The predicted molar refractivity (Wildman–Crippen MR) is 97.9 cm³/mol. The van der Waals surface area contributed by atoms with Gasteiger partial charge in [-0.3, -0.25) is 9.99 Å². The minimum Gasteiger partial charge on any atom is -0.515 e. The highest BCUT2D eigenvalue weighted by Gasteiger charge is 2.07. The first-order valence-corrected chi connectivity index (χ1v) is 7.72. The van der Waals surface area contributed by atoms with Gasteiger partial charge in [0, 0.05) is 19.0 Å². The zero-order valence-corrected chi connectivity index (χ0v) is 14.9. The summed E-state index contributed by atoms with van der Waals surface area (Å²) in [7, 11) is 1.82. The van der Waals surface area contributed by atoms with Crippen molar-refractivity contribution < 1.29 is 14.6 Å². The van der Waals surface area contributed by atoms with Crippen molar-refractivity contribution in [2.75, 3.05) is 13.7 Å². The molecule has 1 aromatic rings. The van der Waals surface area contributed by atoms with E-state index in [1.54, 1.807) is 18.9 Å². The van der Waals surface area contributed by atoms with Crippen LogP contribution in [0.5, 0.6) is 0 Å². The van der Waals surface area contributed by atoms with Gasteiger partial charge in [0.05, 0.1) is 25.1 Å². The number of hydrazone groups is 1. The molecule has 25 heavy (non-hydrogen) atoms. The lowest BCUT2D eigenvalue weighted by Gasteiger charge is -2.12. The van der Waals surface area contributed by atoms with Crippen molar-refractivity contribution in [2.45, 2.75) is 27.3 Å². The van der Waals surface area contributed by atoms with E-state index in [0.29, 0.717) is 18.6 Å². The molecule has 134 valence electrons. The summed E-state index contributed by atoms with van der Waals surface area (Å²) in [6.07, 6.45) is 3.04. The first-order valence-electron chi connectivity index (χ1n) is 7.72. The number of amidine groups is 1. The molecular formula is C17H23N5O3. The summed E-state index contributed by atoms with van der Waals surface area (Å²) in [4.78, 5) is 23.7. The van der Waals surface area contributed by atoms with Gasteiger partial charge in [0.2, 0.25) is 0 Å². The Bertz CT molecular complexity index is 695. The van der Waals surface area contributed by atoms with Gasteiger partial charge in [-0.05, 0) is 32.9 Å². The second-order valence-electron chi connectivity index (χ2n) is 5.06. The molecule has 0 spiro atoms. The Balaban J connectivity index is 2.59. The van der Waals surface area contributed by atoms with Gasteiger partial charge in [0.1, 0.15) is 17.7 Å². The smallest absolute Gasteiger partial charge is 0.342 e. The summed E-state index contributed by atoms with van der Waals surface area (Å²) in [5.74, 6) is -0.170. The highest BCUT2D eigenvalue weighted by atomic mass is 16.5. The molecule has 0 aliphatic carbocycles. The van der Waals surface area contributed by atoms with E-state index in [2.05, 4.69) is 20.1 Å². The molecule has 0 saturated carbocycles. The van der Waals surface area contributed by atoms with E-state index < -0.39 is 5.97 Å². The van der Waals surface area contributed by atoms with Crippen LogP contribution in [0, 0.1) is 6.92 Å². The van der Waals surface area contributed by atoms with E-state index in [1.165, 1.54) is 6.34 Å². The molecular weight excluding hydrogens is 322 g/mol. The number of hydrogen-bond donors (Lipinski definition) is 1. The molecule has 0 unspecified atom stereocenters. The maximum atomic E-state index is 11.4. The van der Waals surface area contributed by atoms with Crippen LogP contribution < -0.4 is 0 Å². The number of pyridine rings is 1. The third-order valence-electron chi connectivity index (χ3n) is 2.83. The number of carbonyl (C=O) groups excluding carboxylic acids is 1. The molecule has 0 aliphatic rings. The number of ether oxygens (including phenoxy) is 1. The highest BCUT2D eigenvalue weighted by molar-refractivity contribution is 6.10. The second-order valence-corrected chi connectivity index (χ2v) is 5.06. The molecule has 1 heterocycles. The van der Waals surface area contributed by atoms with E-state index in [4.69, 9.17) is 9.84 Å². The van der Waals surface area contributed by atoms with Gasteiger partial charge < -0.3 is 9.84 Å². The lowest BCUT2D eigenvalue weighted by molar-refractivity contribution is -0.137. The number of aryl methyl sites for hydroxylation is 1. The summed E-state index contributed by atoms with van der Waals surface area (Å²) in [6, 6.07) is 5.82. The molecule has 0 aromatic carbocycles. The average molecular weight is 345 g/mol. The van der Waals surface area contributed by atoms with Gasteiger partial charge >= 0.3 is 5.97 Å². The van der Waals surface area contributed by atoms with Gasteiger partial charge in [-0.25, -0.2) is 14.8 Å². The van der Waals surface area contributed by atoms with Crippen LogP contribution in [0.4, 0.5) is 0 Å². The number of nitrogens with zero attached hydrogens (tertiary/aromatic N) is 5. The lowest BCUT2D eigenvalue weighted by Crippen LogP contribution is -2.13. The third-order valence-corrected chi connectivity index (χ3v) is 2.83. The van der Waals surface area contributed by atoms with Crippen molar-refractivity contribution in [3.63, 3.8) is 0 Å². The Labute approximate surface area is 147 Å². The lowest BCUT2D eigenvalue weighted by atomic mass is 10.3. The normalized spacial score (nSPS) is 12.8. The number of esters is 1. The van der Waals surface area contributed by atoms with Gasteiger partial charge in [0.15, 0.2) is 0 Å². The molecule has 8 heteroatoms. The number of aromatic nitrogens is 1. The monoisotopic (exact) mass is 345 g/mol. The maximum Gasteiger partial charge on any atom is 0.342 e. The molecule has 0 radical (unpaired) electrons. The van der Waals surface area contributed by atoms with Crippen molar-refractivity contribution in [3.8, 4) is 0 Å². The van der Waals surface area contributed by atoms with E-state index in [1.807, 2.05) is 32.2 Å². The average Bonchev–Trinajstić information content (AvgIpc) is 2.54. The fourth-order valence-corrected chi connectivity index (χ4v) is 1.81. The maximum absolute atomic E-state index is 11.4. The Morgan fingerprint density at radius 1 is 1.44 bits per heavy atom. The standard InChI is InChI=1S/C17H23N5O3/c1-5-25-17(24)15(11-23)9-18-12-19-14(3)21-22(4)10-16-8-6-7-13(2)20-16/h6-9,11-12,23H,5,10H2,1-4H3/b15-11-,18-9?,19-12?,21-14-. The van der Waals surface area contributed by atoms with E-state index in [0.717, 1.165) is 17.6 Å². The Morgan fingerprint density at radius 2 is 2.20 bits per heavy atom. The van der Waals surface area contributed by atoms with Gasteiger partial charge in [-0.1, -0.05) is 6.07 Å². The fraction of sp³-hybridized carbons (Fsp3) is 0.353. The number of aliphatic hydroxyl groups is 1. The molecule has 1 rings (SSSR count). The molecule has 0 atom stereocenters. The molecule has 1 N–H and O–H groups in total. The van der Waals surface area contributed by atoms with Crippen LogP contribution in [0.1, 0.15) is 25.2 Å². The zero-order chi connectivity index (χ0) is 18.7. The van der Waals surface area contributed by atoms with Crippen LogP contribution in [-0.2, 0) is 16.1 Å². The third kappa shape index (κ3) is 7.87.